The van der Waals surface area contributed by atoms with E-state index in [-0.39, 0.29) is 12.1 Å². The molecule has 0 aromatic heterocycles. The minimum Gasteiger partial charge on any atom is -0.493 e. The van der Waals surface area contributed by atoms with Crippen LogP contribution in [0.1, 0.15) is 69.9 Å². The summed E-state index contributed by atoms with van der Waals surface area (Å²) in [6, 6.07) is 15.4. The molecular weight excluding hydrogens is 388 g/mol. The average molecular weight is 421 g/mol. The van der Waals surface area contributed by atoms with Gasteiger partial charge in [-0.2, -0.15) is 0 Å². The van der Waals surface area contributed by atoms with Gasteiger partial charge in [0.25, 0.3) is 0 Å². The van der Waals surface area contributed by atoms with Crippen molar-refractivity contribution in [2.75, 3.05) is 7.11 Å². The van der Waals surface area contributed by atoms with E-state index in [1.165, 1.54) is 12.8 Å². The maximum Gasteiger partial charge on any atom is 0.314 e. The fraction of sp³-hybridized carbons (Fsp3) is 0.444. The van der Waals surface area contributed by atoms with Crippen LogP contribution in [-0.2, 0) is 9.53 Å². The van der Waals surface area contributed by atoms with E-state index in [2.05, 4.69) is 11.8 Å². The summed E-state index contributed by atoms with van der Waals surface area (Å²) in [5.41, 5.74) is 1.17. The molecule has 4 heteroatoms. The van der Waals surface area contributed by atoms with Gasteiger partial charge in [0.15, 0.2) is 11.5 Å². The lowest BCUT2D eigenvalue weighted by Gasteiger charge is -2.24. The molecule has 0 aliphatic heterocycles. The Balaban J connectivity index is 1.88. The lowest BCUT2D eigenvalue weighted by atomic mass is 9.95. The third-order valence-electron chi connectivity index (χ3n) is 5.19. The summed E-state index contributed by atoms with van der Waals surface area (Å²) >= 11 is 0. The number of hydrogen-bond acceptors (Lipinski definition) is 4. The summed E-state index contributed by atoms with van der Waals surface area (Å²) in [6.45, 7) is 5.63. The van der Waals surface area contributed by atoms with Crippen LogP contribution in [0, 0.1) is 11.8 Å². The monoisotopic (exact) mass is 420 g/mol. The van der Waals surface area contributed by atoms with Crippen LogP contribution in [0.3, 0.4) is 0 Å². The van der Waals surface area contributed by atoms with Gasteiger partial charge in [-0.3, -0.25) is 4.79 Å². The fourth-order valence-corrected chi connectivity index (χ4v) is 3.67. The molecule has 3 rings (SSSR count). The first-order chi connectivity index (χ1) is 14.9. The van der Waals surface area contributed by atoms with E-state index in [0.717, 1.165) is 24.0 Å². The molecule has 1 aliphatic rings. The van der Waals surface area contributed by atoms with Gasteiger partial charge in [-0.25, -0.2) is 0 Å². The summed E-state index contributed by atoms with van der Waals surface area (Å²) < 4.78 is 17.4. The topological polar surface area (TPSA) is 44.8 Å². The fourth-order valence-electron chi connectivity index (χ4n) is 3.67. The number of carbonyl (C=O) groups is 1. The second-order valence-corrected chi connectivity index (χ2v) is 8.89. The molecule has 0 saturated heterocycles. The average Bonchev–Trinajstić information content (AvgIpc) is 3.24. The van der Waals surface area contributed by atoms with E-state index in [1.54, 1.807) is 7.11 Å². The van der Waals surface area contributed by atoms with E-state index < -0.39 is 11.5 Å². The lowest BCUT2D eigenvalue weighted by Crippen LogP contribution is -2.27. The number of benzene rings is 2. The quantitative estimate of drug-likeness (QED) is 0.432. The van der Waals surface area contributed by atoms with Crippen molar-refractivity contribution in [3.63, 3.8) is 0 Å². The highest BCUT2D eigenvalue weighted by atomic mass is 16.6. The highest BCUT2D eigenvalue weighted by Crippen LogP contribution is 2.35. The van der Waals surface area contributed by atoms with Gasteiger partial charge < -0.3 is 14.2 Å². The van der Waals surface area contributed by atoms with Crippen molar-refractivity contribution in [1.29, 1.82) is 0 Å². The van der Waals surface area contributed by atoms with E-state index >= 15 is 0 Å². The van der Waals surface area contributed by atoms with E-state index in [4.69, 9.17) is 14.2 Å². The van der Waals surface area contributed by atoms with Gasteiger partial charge in [-0.15, -0.1) is 0 Å². The van der Waals surface area contributed by atoms with Gasteiger partial charge in [-0.1, -0.05) is 36.1 Å². The first-order valence-corrected chi connectivity index (χ1v) is 11.0. The van der Waals surface area contributed by atoms with Gasteiger partial charge >= 0.3 is 5.97 Å². The Labute approximate surface area is 185 Å². The maximum absolute atomic E-state index is 13.0. The third-order valence-corrected chi connectivity index (χ3v) is 5.19. The van der Waals surface area contributed by atoms with Crippen molar-refractivity contribution in [3.8, 4) is 23.3 Å². The third kappa shape index (κ3) is 6.79. The van der Waals surface area contributed by atoms with Crippen molar-refractivity contribution >= 4 is 5.97 Å². The van der Waals surface area contributed by atoms with Crippen LogP contribution in [0.2, 0.25) is 0 Å². The first kappa shape index (κ1) is 22.7. The van der Waals surface area contributed by atoms with E-state index in [0.29, 0.717) is 17.9 Å². The summed E-state index contributed by atoms with van der Waals surface area (Å²) in [4.78, 5) is 13.0. The molecule has 0 heterocycles. The van der Waals surface area contributed by atoms with Gasteiger partial charge in [0.1, 0.15) is 5.60 Å². The molecule has 1 aliphatic carbocycles. The summed E-state index contributed by atoms with van der Waals surface area (Å²) in [5.74, 6) is 6.87. The molecule has 164 valence electrons. The molecular formula is C27H32O4. The molecule has 2 aromatic rings. The predicted molar refractivity (Wildman–Crippen MR) is 122 cm³/mol. The minimum absolute atomic E-state index is 0.196. The molecule has 1 unspecified atom stereocenters. The molecule has 0 bridgehead atoms. The summed E-state index contributed by atoms with van der Waals surface area (Å²) in [6.07, 6.45) is 5.02. The molecule has 4 nitrogen and oxygen atoms in total. The van der Waals surface area contributed by atoms with Crippen molar-refractivity contribution in [2.24, 2.45) is 0 Å². The first-order valence-electron chi connectivity index (χ1n) is 11.0. The Morgan fingerprint density at radius 1 is 1.06 bits per heavy atom. The summed E-state index contributed by atoms with van der Waals surface area (Å²) in [5, 5.41) is 0. The van der Waals surface area contributed by atoms with Crippen LogP contribution in [0.5, 0.6) is 11.5 Å². The van der Waals surface area contributed by atoms with Gasteiger partial charge in [0.05, 0.1) is 19.1 Å². The number of rotatable bonds is 6. The largest absolute Gasteiger partial charge is 0.493 e. The van der Waals surface area contributed by atoms with Crippen molar-refractivity contribution in [1.82, 2.24) is 0 Å². The SMILES string of the molecule is COc1ccc(C(CC#Cc2ccccc2)C(=O)OC(C)(C)C)cc1OC1CCCC1. The maximum atomic E-state index is 13.0. The Kier molecular flexibility index (Phi) is 7.63. The molecule has 1 atom stereocenters. The van der Waals surface area contributed by atoms with Crippen LogP contribution in [0.25, 0.3) is 0 Å². The molecule has 1 saturated carbocycles. The van der Waals surface area contributed by atoms with Crippen molar-refractivity contribution in [2.45, 2.75) is 70.5 Å². The van der Waals surface area contributed by atoms with Gasteiger partial charge in [0, 0.05) is 12.0 Å². The Morgan fingerprint density at radius 3 is 2.42 bits per heavy atom. The Bertz CT molecular complexity index is 925. The summed E-state index contributed by atoms with van der Waals surface area (Å²) in [7, 11) is 1.63. The van der Waals surface area contributed by atoms with E-state index in [1.807, 2.05) is 69.3 Å². The second-order valence-electron chi connectivity index (χ2n) is 8.89. The zero-order chi connectivity index (χ0) is 22.3. The molecule has 31 heavy (non-hydrogen) atoms. The zero-order valence-corrected chi connectivity index (χ0v) is 18.9. The standard InChI is InChI=1S/C27H32O4/c1-27(2,3)31-26(28)23(16-10-13-20-11-6-5-7-12-20)21-17-18-24(29-4)25(19-21)30-22-14-8-9-15-22/h5-7,11-12,17-19,22-23H,8-9,14-16H2,1-4H3. The number of esters is 1. The lowest BCUT2D eigenvalue weighted by molar-refractivity contribution is -0.156. The molecule has 2 aromatic carbocycles. The minimum atomic E-state index is -0.572. The van der Waals surface area contributed by atoms with Crippen LogP contribution in [0.15, 0.2) is 48.5 Å². The Hall–Kier alpha value is -2.93. The normalized spacial score (nSPS) is 15.0. The molecule has 0 spiro atoms. The van der Waals surface area contributed by atoms with Crippen LogP contribution >= 0.6 is 0 Å². The van der Waals surface area contributed by atoms with E-state index in [9.17, 15) is 4.79 Å². The second kappa shape index (κ2) is 10.4. The zero-order valence-electron chi connectivity index (χ0n) is 18.9. The molecule has 1 fully saturated rings. The van der Waals surface area contributed by atoms with Gasteiger partial charge in [0.2, 0.25) is 0 Å². The van der Waals surface area contributed by atoms with Crippen LogP contribution in [0.4, 0.5) is 0 Å². The smallest absolute Gasteiger partial charge is 0.314 e. The number of ether oxygens (including phenoxy) is 3. The highest BCUT2D eigenvalue weighted by molar-refractivity contribution is 5.79. The molecule has 0 radical (unpaired) electrons. The number of carbonyl (C=O) groups excluding carboxylic acids is 1. The van der Waals surface area contributed by atoms with Crippen LogP contribution < -0.4 is 9.47 Å². The molecule has 0 N–H and O–H groups in total. The molecule has 0 amide bonds. The highest BCUT2D eigenvalue weighted by Gasteiger charge is 2.28. The predicted octanol–water partition coefficient (Wildman–Crippen LogP) is 5.88. The number of methoxy groups -OCH3 is 1. The number of hydrogen-bond donors (Lipinski definition) is 0. The van der Waals surface area contributed by atoms with Crippen molar-refractivity contribution in [3.05, 3.63) is 59.7 Å². The van der Waals surface area contributed by atoms with Crippen molar-refractivity contribution < 1.29 is 19.0 Å². The Morgan fingerprint density at radius 2 is 1.77 bits per heavy atom. The van der Waals surface area contributed by atoms with Crippen LogP contribution in [-0.4, -0.2) is 24.8 Å². The van der Waals surface area contributed by atoms with Gasteiger partial charge in [-0.05, 0) is 76.3 Å².